The fourth-order valence-electron chi connectivity index (χ4n) is 2.18. The molecule has 0 fully saturated rings. The lowest BCUT2D eigenvalue weighted by molar-refractivity contribution is 0.104. The van der Waals surface area contributed by atoms with Gasteiger partial charge in [-0.05, 0) is 36.8 Å². The van der Waals surface area contributed by atoms with E-state index in [0.717, 1.165) is 0 Å². The van der Waals surface area contributed by atoms with Crippen molar-refractivity contribution in [2.24, 2.45) is 0 Å². The van der Waals surface area contributed by atoms with E-state index in [-0.39, 0.29) is 17.2 Å². The van der Waals surface area contributed by atoms with Crippen LogP contribution in [0, 0.1) is 18.6 Å². The molecule has 0 atom stereocenters. The number of halogens is 2. The van der Waals surface area contributed by atoms with Crippen molar-refractivity contribution in [1.29, 1.82) is 0 Å². The van der Waals surface area contributed by atoms with Gasteiger partial charge in [0.05, 0.1) is 0 Å². The molecule has 4 heteroatoms. The summed E-state index contributed by atoms with van der Waals surface area (Å²) in [7, 11) is 0. The number of carbonyl (C=O) groups excluding carboxylic acids is 1. The third-order valence-corrected chi connectivity index (χ3v) is 3.32. The number of ketones is 1. The van der Waals surface area contributed by atoms with Crippen molar-refractivity contribution in [1.82, 2.24) is 4.98 Å². The van der Waals surface area contributed by atoms with Crippen molar-refractivity contribution in [3.63, 3.8) is 0 Å². The van der Waals surface area contributed by atoms with Crippen LogP contribution in [0.3, 0.4) is 0 Å². The Bertz CT molecular complexity index is 820. The summed E-state index contributed by atoms with van der Waals surface area (Å²) in [6.45, 7) is 1.64. The number of aromatic amines is 1. The predicted octanol–water partition coefficient (Wildman–Crippen LogP) is 3.99. The summed E-state index contributed by atoms with van der Waals surface area (Å²) in [6.07, 6.45) is 1.52. The van der Waals surface area contributed by atoms with E-state index in [2.05, 4.69) is 4.98 Å². The third kappa shape index (κ3) is 1.99. The second kappa shape index (κ2) is 4.56. The Kier molecular flexibility index (Phi) is 2.86. The molecule has 1 N–H and O–H groups in total. The van der Waals surface area contributed by atoms with E-state index in [1.165, 1.54) is 24.4 Å². The highest BCUT2D eigenvalue weighted by Crippen LogP contribution is 2.22. The van der Waals surface area contributed by atoms with Crippen LogP contribution < -0.4 is 0 Å². The molecule has 0 amide bonds. The summed E-state index contributed by atoms with van der Waals surface area (Å²) in [6, 6.07) is 8.53. The van der Waals surface area contributed by atoms with Gasteiger partial charge in [-0.25, -0.2) is 8.78 Å². The highest BCUT2D eigenvalue weighted by molar-refractivity contribution is 6.16. The van der Waals surface area contributed by atoms with Gasteiger partial charge < -0.3 is 4.98 Å². The van der Waals surface area contributed by atoms with Crippen molar-refractivity contribution < 1.29 is 13.6 Å². The van der Waals surface area contributed by atoms with Crippen LogP contribution in [0.5, 0.6) is 0 Å². The van der Waals surface area contributed by atoms with Crippen LogP contribution in [0.25, 0.3) is 10.9 Å². The minimum Gasteiger partial charge on any atom is -0.360 e. The molecule has 100 valence electrons. The number of H-pyrrole nitrogens is 1. The Hall–Kier alpha value is -2.49. The van der Waals surface area contributed by atoms with Gasteiger partial charge in [0.15, 0.2) is 5.78 Å². The SMILES string of the molecule is Cc1ccc(C(=O)c2c[nH]c3cc(F)ccc23)cc1F. The van der Waals surface area contributed by atoms with Gasteiger partial charge in [0, 0.05) is 28.2 Å². The second-order valence-electron chi connectivity index (χ2n) is 4.69. The zero-order chi connectivity index (χ0) is 14.3. The molecule has 0 bridgehead atoms. The van der Waals surface area contributed by atoms with Crippen molar-refractivity contribution in [2.45, 2.75) is 6.92 Å². The maximum Gasteiger partial charge on any atom is 0.195 e. The first-order valence-corrected chi connectivity index (χ1v) is 6.14. The number of aromatic nitrogens is 1. The molecule has 0 unspecified atom stereocenters. The number of carbonyl (C=O) groups is 1. The first kappa shape index (κ1) is 12.5. The molecule has 2 nitrogen and oxygen atoms in total. The molecule has 1 heterocycles. The lowest BCUT2D eigenvalue weighted by Crippen LogP contribution is -2.01. The van der Waals surface area contributed by atoms with Crippen LogP contribution in [0.15, 0.2) is 42.6 Å². The molecular formula is C16H11F2NO. The van der Waals surface area contributed by atoms with Gasteiger partial charge in [-0.1, -0.05) is 12.1 Å². The van der Waals surface area contributed by atoms with Crippen molar-refractivity contribution >= 4 is 16.7 Å². The van der Waals surface area contributed by atoms with E-state index in [9.17, 15) is 13.6 Å². The van der Waals surface area contributed by atoms with Gasteiger partial charge in [0.1, 0.15) is 11.6 Å². The molecule has 0 saturated heterocycles. The third-order valence-electron chi connectivity index (χ3n) is 3.32. The molecule has 20 heavy (non-hydrogen) atoms. The first-order valence-electron chi connectivity index (χ1n) is 6.14. The van der Waals surface area contributed by atoms with E-state index in [1.54, 1.807) is 25.1 Å². The average Bonchev–Trinajstić information content (AvgIpc) is 2.84. The minimum absolute atomic E-state index is 0.276. The first-order chi connectivity index (χ1) is 9.56. The quantitative estimate of drug-likeness (QED) is 0.702. The maximum atomic E-state index is 13.5. The molecule has 1 aromatic heterocycles. The number of hydrogen-bond donors (Lipinski definition) is 1. The number of hydrogen-bond acceptors (Lipinski definition) is 1. The van der Waals surface area contributed by atoms with Gasteiger partial charge in [-0.15, -0.1) is 0 Å². The highest BCUT2D eigenvalue weighted by Gasteiger charge is 2.15. The molecule has 3 rings (SSSR count). The van der Waals surface area contributed by atoms with Crippen LogP contribution in [-0.4, -0.2) is 10.8 Å². The van der Waals surface area contributed by atoms with Crippen LogP contribution in [0.1, 0.15) is 21.5 Å². The van der Waals surface area contributed by atoms with E-state index in [1.807, 2.05) is 0 Å². The van der Waals surface area contributed by atoms with Crippen LogP contribution >= 0.6 is 0 Å². The van der Waals surface area contributed by atoms with Gasteiger partial charge in [0.25, 0.3) is 0 Å². The van der Waals surface area contributed by atoms with Gasteiger partial charge >= 0.3 is 0 Å². The summed E-state index contributed by atoms with van der Waals surface area (Å²) >= 11 is 0. The number of fused-ring (bicyclic) bond motifs is 1. The van der Waals surface area contributed by atoms with E-state index in [0.29, 0.717) is 22.0 Å². The largest absolute Gasteiger partial charge is 0.360 e. The Labute approximate surface area is 114 Å². The smallest absolute Gasteiger partial charge is 0.195 e. The average molecular weight is 271 g/mol. The molecular weight excluding hydrogens is 260 g/mol. The standard InChI is InChI=1S/C16H11F2NO/c1-9-2-3-10(6-14(9)18)16(20)13-8-19-15-7-11(17)4-5-12(13)15/h2-8,19H,1H3. The lowest BCUT2D eigenvalue weighted by atomic mass is 10.0. The number of aryl methyl sites for hydroxylation is 1. The highest BCUT2D eigenvalue weighted by atomic mass is 19.1. The molecule has 3 aromatic rings. The molecule has 0 aliphatic carbocycles. The Morgan fingerprint density at radius 3 is 2.65 bits per heavy atom. The molecule has 2 aromatic carbocycles. The zero-order valence-electron chi connectivity index (χ0n) is 10.7. The summed E-state index contributed by atoms with van der Waals surface area (Å²) in [5.41, 5.74) is 1.71. The Morgan fingerprint density at radius 1 is 1.10 bits per heavy atom. The van der Waals surface area contributed by atoms with Crippen molar-refractivity contribution in [3.8, 4) is 0 Å². The predicted molar refractivity (Wildman–Crippen MR) is 72.8 cm³/mol. The molecule has 0 radical (unpaired) electrons. The summed E-state index contributed by atoms with van der Waals surface area (Å²) < 4.78 is 26.7. The maximum absolute atomic E-state index is 13.5. The Balaban J connectivity index is 2.10. The van der Waals surface area contributed by atoms with Crippen LogP contribution in [0.2, 0.25) is 0 Å². The fourth-order valence-corrected chi connectivity index (χ4v) is 2.18. The number of rotatable bonds is 2. The van der Waals surface area contributed by atoms with Crippen molar-refractivity contribution in [2.75, 3.05) is 0 Å². The topological polar surface area (TPSA) is 32.9 Å². The lowest BCUT2D eigenvalue weighted by Gasteiger charge is -2.02. The van der Waals surface area contributed by atoms with Gasteiger partial charge in [-0.3, -0.25) is 4.79 Å². The second-order valence-corrected chi connectivity index (χ2v) is 4.69. The van der Waals surface area contributed by atoms with E-state index < -0.39 is 5.82 Å². The minimum atomic E-state index is -0.415. The fraction of sp³-hybridized carbons (Fsp3) is 0.0625. The van der Waals surface area contributed by atoms with E-state index >= 15 is 0 Å². The van der Waals surface area contributed by atoms with Gasteiger partial charge in [-0.2, -0.15) is 0 Å². The number of nitrogens with one attached hydrogen (secondary N) is 1. The van der Waals surface area contributed by atoms with E-state index in [4.69, 9.17) is 0 Å². The van der Waals surface area contributed by atoms with Crippen LogP contribution in [0.4, 0.5) is 8.78 Å². The number of benzene rings is 2. The summed E-state index contributed by atoms with van der Waals surface area (Å²) in [4.78, 5) is 15.2. The monoisotopic (exact) mass is 271 g/mol. The normalized spacial score (nSPS) is 10.9. The van der Waals surface area contributed by atoms with Gasteiger partial charge in [0.2, 0.25) is 0 Å². The van der Waals surface area contributed by atoms with Crippen LogP contribution in [-0.2, 0) is 0 Å². The molecule has 0 spiro atoms. The zero-order valence-corrected chi connectivity index (χ0v) is 10.7. The Morgan fingerprint density at radius 2 is 1.90 bits per heavy atom. The molecule has 0 saturated carbocycles. The summed E-state index contributed by atoms with van der Waals surface area (Å²) in [5, 5.41) is 0.623. The molecule has 0 aliphatic heterocycles. The summed E-state index contributed by atoms with van der Waals surface area (Å²) in [5.74, 6) is -1.08. The van der Waals surface area contributed by atoms with Crippen molar-refractivity contribution in [3.05, 3.63) is 70.9 Å². The molecule has 0 aliphatic rings.